The van der Waals surface area contributed by atoms with Gasteiger partial charge in [0.15, 0.2) is 0 Å². The summed E-state index contributed by atoms with van der Waals surface area (Å²) in [5, 5.41) is 0. The molecule has 0 unspecified atom stereocenters. The molecule has 0 fully saturated rings. The van der Waals surface area contributed by atoms with Gasteiger partial charge in [0.05, 0.1) is 0 Å². The minimum Gasteiger partial charge on any atom is -0.102 e. The zero-order valence-electron chi connectivity index (χ0n) is 5.49. The average Bonchev–Trinajstić information content (AvgIpc) is 1.67. The minimum absolute atomic E-state index is 0.0677. The maximum absolute atomic E-state index is 3.62. The molecule has 0 saturated heterocycles. The standard InChI is InChI=1S/C8H11/c1-5-7-8(3,4)6-2/h6H,1-2H2,3-4H3. The molecule has 0 aromatic rings. The molecule has 0 amide bonds. The van der Waals surface area contributed by atoms with E-state index in [1.807, 2.05) is 19.9 Å². The van der Waals surface area contributed by atoms with Crippen LogP contribution in [-0.4, -0.2) is 0 Å². The Morgan fingerprint density at radius 2 is 2.00 bits per heavy atom. The molecule has 0 atom stereocenters. The quantitative estimate of drug-likeness (QED) is 0.355. The molecule has 0 rings (SSSR count). The van der Waals surface area contributed by atoms with Crippen LogP contribution in [0.1, 0.15) is 13.8 Å². The van der Waals surface area contributed by atoms with E-state index in [2.05, 4.69) is 25.3 Å². The first-order valence-electron chi connectivity index (χ1n) is 2.55. The van der Waals surface area contributed by atoms with Crippen LogP contribution >= 0.6 is 0 Å². The van der Waals surface area contributed by atoms with E-state index in [-0.39, 0.29) is 5.41 Å². The topological polar surface area (TPSA) is 0 Å². The van der Waals surface area contributed by atoms with Gasteiger partial charge in [-0.1, -0.05) is 12.0 Å². The van der Waals surface area contributed by atoms with Crippen LogP contribution in [0.2, 0.25) is 0 Å². The number of hydrogen-bond donors (Lipinski definition) is 0. The summed E-state index contributed by atoms with van der Waals surface area (Å²) in [6.45, 7) is 11.0. The van der Waals surface area contributed by atoms with Crippen molar-refractivity contribution in [2.45, 2.75) is 13.8 Å². The van der Waals surface area contributed by atoms with Gasteiger partial charge in [-0.3, -0.25) is 0 Å². The van der Waals surface area contributed by atoms with Crippen molar-refractivity contribution < 1.29 is 0 Å². The Morgan fingerprint density at radius 1 is 1.50 bits per heavy atom. The molecule has 0 N–H and O–H groups in total. The van der Waals surface area contributed by atoms with Crippen molar-refractivity contribution in [3.05, 3.63) is 19.6 Å². The smallest absolute Gasteiger partial charge is 0.0434 e. The zero-order chi connectivity index (χ0) is 6.62. The van der Waals surface area contributed by atoms with Crippen LogP contribution in [0.5, 0.6) is 0 Å². The van der Waals surface area contributed by atoms with Gasteiger partial charge >= 0.3 is 0 Å². The molecular weight excluding hydrogens is 96.1 g/mol. The Bertz CT molecular complexity index is 130. The van der Waals surface area contributed by atoms with Crippen LogP contribution in [0.3, 0.4) is 0 Å². The molecule has 0 aliphatic rings. The first-order valence-corrected chi connectivity index (χ1v) is 2.55. The Labute approximate surface area is 51.6 Å². The monoisotopic (exact) mass is 107 g/mol. The summed E-state index contributed by atoms with van der Waals surface area (Å²) in [4.78, 5) is 0. The summed E-state index contributed by atoms with van der Waals surface area (Å²) in [6.07, 6.45) is 1.81. The zero-order valence-corrected chi connectivity index (χ0v) is 5.49. The lowest BCUT2D eigenvalue weighted by molar-refractivity contribution is 0.657. The maximum atomic E-state index is 3.62. The van der Waals surface area contributed by atoms with Gasteiger partial charge in [0.2, 0.25) is 0 Å². The molecule has 0 saturated carbocycles. The van der Waals surface area contributed by atoms with E-state index in [9.17, 15) is 0 Å². The molecule has 0 spiro atoms. The summed E-state index contributed by atoms with van der Waals surface area (Å²) in [6, 6.07) is 0. The maximum Gasteiger partial charge on any atom is 0.0434 e. The Morgan fingerprint density at radius 3 is 2.12 bits per heavy atom. The highest BCUT2D eigenvalue weighted by atomic mass is 14.1. The largest absolute Gasteiger partial charge is 0.102 e. The second kappa shape index (κ2) is 2.57. The third-order valence-corrected chi connectivity index (χ3v) is 0.921. The van der Waals surface area contributed by atoms with E-state index in [0.717, 1.165) is 0 Å². The fourth-order valence-electron chi connectivity index (χ4n) is 0.279. The molecule has 0 aromatic heterocycles. The van der Waals surface area contributed by atoms with Crippen molar-refractivity contribution in [3.63, 3.8) is 0 Å². The van der Waals surface area contributed by atoms with Crippen molar-refractivity contribution >= 4 is 0 Å². The Kier molecular flexibility index (Phi) is 2.34. The van der Waals surface area contributed by atoms with Crippen LogP contribution in [0.15, 0.2) is 12.7 Å². The van der Waals surface area contributed by atoms with Gasteiger partial charge in [0.25, 0.3) is 0 Å². The van der Waals surface area contributed by atoms with Crippen molar-refractivity contribution in [2.75, 3.05) is 0 Å². The number of allylic oxidation sites excluding steroid dienone is 1. The number of rotatable bonds is 1. The lowest BCUT2D eigenvalue weighted by Gasteiger charge is -2.08. The average molecular weight is 107 g/mol. The highest BCUT2D eigenvalue weighted by Crippen LogP contribution is 2.12. The van der Waals surface area contributed by atoms with Gasteiger partial charge in [-0.05, 0) is 13.8 Å². The van der Waals surface area contributed by atoms with Crippen LogP contribution in [0.25, 0.3) is 0 Å². The van der Waals surface area contributed by atoms with Crippen molar-refractivity contribution in [1.82, 2.24) is 0 Å². The molecule has 0 heteroatoms. The highest BCUT2D eigenvalue weighted by molar-refractivity contribution is 5.16. The van der Waals surface area contributed by atoms with E-state index in [1.54, 1.807) is 0 Å². The third-order valence-electron chi connectivity index (χ3n) is 0.921. The fraction of sp³-hybridized carbons (Fsp3) is 0.375. The van der Waals surface area contributed by atoms with Gasteiger partial charge in [-0.15, -0.1) is 12.5 Å². The van der Waals surface area contributed by atoms with E-state index in [0.29, 0.717) is 0 Å². The third kappa shape index (κ3) is 2.47. The normalized spacial score (nSPS) is 9.38. The lowest BCUT2D eigenvalue weighted by Crippen LogP contribution is -2.01. The Hall–Kier alpha value is -0.700. The first-order chi connectivity index (χ1) is 3.62. The van der Waals surface area contributed by atoms with Crippen molar-refractivity contribution in [3.8, 4) is 11.8 Å². The summed E-state index contributed by atoms with van der Waals surface area (Å²) < 4.78 is 0. The highest BCUT2D eigenvalue weighted by Gasteiger charge is 2.05. The van der Waals surface area contributed by atoms with Gasteiger partial charge in [-0.2, -0.15) is 0 Å². The predicted molar refractivity (Wildman–Crippen MR) is 37.1 cm³/mol. The summed E-state index contributed by atoms with van der Waals surface area (Å²) in [5.41, 5.74) is -0.0677. The van der Waals surface area contributed by atoms with Crippen LogP contribution < -0.4 is 0 Å². The number of hydrogen-bond acceptors (Lipinski definition) is 0. The van der Waals surface area contributed by atoms with Crippen molar-refractivity contribution in [2.24, 2.45) is 5.41 Å². The van der Waals surface area contributed by atoms with Gasteiger partial charge in [0.1, 0.15) is 0 Å². The predicted octanol–water partition coefficient (Wildman–Crippen LogP) is 2.04. The van der Waals surface area contributed by atoms with Crippen LogP contribution in [-0.2, 0) is 0 Å². The van der Waals surface area contributed by atoms with Gasteiger partial charge in [0, 0.05) is 12.3 Å². The second-order valence-electron chi connectivity index (χ2n) is 2.23. The molecule has 0 aromatic carbocycles. The van der Waals surface area contributed by atoms with E-state index < -0.39 is 0 Å². The Balaban J connectivity index is 4.05. The fourth-order valence-corrected chi connectivity index (χ4v) is 0.279. The second-order valence-corrected chi connectivity index (χ2v) is 2.23. The molecule has 43 valence electrons. The first kappa shape index (κ1) is 7.30. The molecular formula is C8H11. The van der Waals surface area contributed by atoms with E-state index in [4.69, 9.17) is 0 Å². The van der Waals surface area contributed by atoms with Gasteiger partial charge < -0.3 is 0 Å². The molecule has 0 nitrogen and oxygen atoms in total. The minimum atomic E-state index is -0.0677. The van der Waals surface area contributed by atoms with Gasteiger partial charge in [-0.25, -0.2) is 0 Å². The molecule has 1 radical (unpaired) electrons. The summed E-state index contributed by atoms with van der Waals surface area (Å²) >= 11 is 0. The van der Waals surface area contributed by atoms with E-state index >= 15 is 0 Å². The molecule has 0 bridgehead atoms. The molecule has 0 aliphatic carbocycles. The molecule has 8 heavy (non-hydrogen) atoms. The molecule has 0 heterocycles. The van der Waals surface area contributed by atoms with E-state index in [1.165, 1.54) is 0 Å². The SMILES string of the molecule is [CH2]C#CC(C)(C)C=C. The molecule has 0 aliphatic heterocycles. The lowest BCUT2D eigenvalue weighted by atomic mass is 9.95. The van der Waals surface area contributed by atoms with Crippen LogP contribution in [0.4, 0.5) is 0 Å². The summed E-state index contributed by atoms with van der Waals surface area (Å²) in [5.74, 6) is 5.48. The summed E-state index contributed by atoms with van der Waals surface area (Å²) in [7, 11) is 0. The van der Waals surface area contributed by atoms with Crippen LogP contribution in [0, 0.1) is 24.2 Å². The van der Waals surface area contributed by atoms with Crippen molar-refractivity contribution in [1.29, 1.82) is 0 Å².